The number of likely N-dealkylation sites (N-methyl/N-ethyl adjacent to an activating group) is 1. The van der Waals surface area contributed by atoms with Crippen molar-refractivity contribution < 1.29 is 4.79 Å². The highest BCUT2D eigenvalue weighted by molar-refractivity contribution is 6.31. The summed E-state index contributed by atoms with van der Waals surface area (Å²) in [4.78, 5) is 14.4. The van der Waals surface area contributed by atoms with Gasteiger partial charge in [-0.2, -0.15) is 0 Å². The number of nitrogens with one attached hydrogen (secondary N) is 1. The molecule has 0 radical (unpaired) electrons. The molecule has 1 aliphatic rings. The highest BCUT2D eigenvalue weighted by Gasteiger charge is 2.32. The van der Waals surface area contributed by atoms with E-state index in [4.69, 9.17) is 11.6 Å². The number of benzene rings is 1. The average Bonchev–Trinajstić information content (AvgIpc) is 2.83. The molecule has 1 aromatic carbocycles. The molecule has 0 saturated carbocycles. The molecule has 1 aliphatic heterocycles. The Morgan fingerprint density at radius 3 is 2.79 bits per heavy atom. The lowest BCUT2D eigenvalue weighted by atomic mass is 10.0. The zero-order chi connectivity index (χ0) is 13.8. The molecule has 0 bridgehead atoms. The number of carbonyl (C=O) groups excluding carboxylic acids is 1. The van der Waals surface area contributed by atoms with Gasteiger partial charge < -0.3 is 10.2 Å². The van der Waals surface area contributed by atoms with Crippen molar-refractivity contribution in [1.82, 2.24) is 10.2 Å². The molecule has 2 unspecified atom stereocenters. The fraction of sp³-hybridized carbons (Fsp3) is 0.533. The predicted molar refractivity (Wildman–Crippen MR) is 78.1 cm³/mol. The Labute approximate surface area is 119 Å². The summed E-state index contributed by atoms with van der Waals surface area (Å²) < 4.78 is 0. The van der Waals surface area contributed by atoms with Crippen molar-refractivity contribution in [1.29, 1.82) is 0 Å². The van der Waals surface area contributed by atoms with E-state index >= 15 is 0 Å². The molecule has 0 spiro atoms. The fourth-order valence-corrected chi connectivity index (χ4v) is 2.74. The number of hydrogen-bond donors (Lipinski definition) is 1. The van der Waals surface area contributed by atoms with Crippen molar-refractivity contribution in [3.05, 3.63) is 34.9 Å². The zero-order valence-electron chi connectivity index (χ0n) is 11.5. The van der Waals surface area contributed by atoms with Crippen LogP contribution in [0.3, 0.4) is 0 Å². The van der Waals surface area contributed by atoms with E-state index in [2.05, 4.69) is 12.2 Å². The first kappa shape index (κ1) is 14.4. The fourth-order valence-electron chi connectivity index (χ4n) is 2.54. The molecule has 1 amide bonds. The van der Waals surface area contributed by atoms with Crippen LogP contribution >= 0.6 is 11.6 Å². The molecule has 3 nitrogen and oxygen atoms in total. The van der Waals surface area contributed by atoms with E-state index in [0.29, 0.717) is 19.0 Å². The molecule has 104 valence electrons. The highest BCUT2D eigenvalue weighted by atomic mass is 35.5. The molecule has 0 aromatic heterocycles. The normalized spacial score (nSPS) is 22.5. The van der Waals surface area contributed by atoms with Crippen LogP contribution in [0.25, 0.3) is 0 Å². The summed E-state index contributed by atoms with van der Waals surface area (Å²) in [6, 6.07) is 7.66. The van der Waals surface area contributed by atoms with Gasteiger partial charge >= 0.3 is 0 Å². The van der Waals surface area contributed by atoms with E-state index in [9.17, 15) is 4.79 Å². The molecule has 1 N–H and O–H groups in total. The molecule has 2 atom stereocenters. The molecule has 1 fully saturated rings. The van der Waals surface area contributed by atoms with Gasteiger partial charge in [0.1, 0.15) is 0 Å². The average molecular weight is 281 g/mol. The Bertz CT molecular complexity index is 450. The van der Waals surface area contributed by atoms with E-state index in [-0.39, 0.29) is 11.9 Å². The van der Waals surface area contributed by atoms with Gasteiger partial charge in [0.2, 0.25) is 5.91 Å². The van der Waals surface area contributed by atoms with Gasteiger partial charge in [0.25, 0.3) is 0 Å². The lowest BCUT2D eigenvalue weighted by Crippen LogP contribution is -2.45. The first-order valence-electron chi connectivity index (χ1n) is 6.89. The third-order valence-corrected chi connectivity index (χ3v) is 4.18. The maximum absolute atomic E-state index is 12.5. The van der Waals surface area contributed by atoms with Gasteiger partial charge in [-0.1, -0.05) is 36.7 Å². The Morgan fingerprint density at radius 1 is 1.47 bits per heavy atom. The Morgan fingerprint density at radius 2 is 2.21 bits per heavy atom. The summed E-state index contributed by atoms with van der Waals surface area (Å²) in [6.07, 6.45) is 1.07. The van der Waals surface area contributed by atoms with Crippen LogP contribution in [0.4, 0.5) is 0 Å². The first-order valence-corrected chi connectivity index (χ1v) is 7.26. The van der Waals surface area contributed by atoms with Crippen molar-refractivity contribution in [3.8, 4) is 0 Å². The first-order chi connectivity index (χ1) is 9.13. The van der Waals surface area contributed by atoms with Crippen molar-refractivity contribution in [2.45, 2.75) is 32.9 Å². The van der Waals surface area contributed by atoms with Crippen LogP contribution < -0.4 is 5.32 Å². The maximum Gasteiger partial charge on any atom is 0.240 e. The number of hydrogen-bond acceptors (Lipinski definition) is 2. The van der Waals surface area contributed by atoms with Gasteiger partial charge in [0, 0.05) is 18.1 Å². The Balaban J connectivity index is 2.08. The lowest BCUT2D eigenvalue weighted by Gasteiger charge is -2.26. The van der Waals surface area contributed by atoms with Crippen molar-refractivity contribution in [2.24, 2.45) is 5.92 Å². The van der Waals surface area contributed by atoms with Gasteiger partial charge in [0.05, 0.1) is 6.04 Å². The minimum Gasteiger partial charge on any atom is -0.337 e. The SMILES string of the molecule is CCN(Cc1ccccc1Cl)C(=O)C1NCCC1C. The molecular weight excluding hydrogens is 260 g/mol. The number of carbonyl (C=O) groups is 1. The van der Waals surface area contributed by atoms with Gasteiger partial charge in [-0.05, 0) is 37.4 Å². The Kier molecular flexibility index (Phi) is 4.83. The van der Waals surface area contributed by atoms with Crippen LogP contribution in [0.1, 0.15) is 25.8 Å². The summed E-state index contributed by atoms with van der Waals surface area (Å²) in [7, 11) is 0. The summed E-state index contributed by atoms with van der Waals surface area (Å²) in [5.41, 5.74) is 1.00. The molecule has 1 heterocycles. The summed E-state index contributed by atoms with van der Waals surface area (Å²) in [6.45, 7) is 6.36. The second kappa shape index (κ2) is 6.40. The summed E-state index contributed by atoms with van der Waals surface area (Å²) in [5.74, 6) is 0.597. The smallest absolute Gasteiger partial charge is 0.240 e. The van der Waals surface area contributed by atoms with Crippen LogP contribution in [0, 0.1) is 5.92 Å². The van der Waals surface area contributed by atoms with Gasteiger partial charge in [-0.25, -0.2) is 0 Å². The van der Waals surface area contributed by atoms with E-state index in [1.807, 2.05) is 36.1 Å². The number of halogens is 1. The second-order valence-electron chi connectivity index (χ2n) is 5.14. The third kappa shape index (κ3) is 3.28. The topological polar surface area (TPSA) is 32.3 Å². The minimum absolute atomic E-state index is 0.0394. The summed E-state index contributed by atoms with van der Waals surface area (Å²) >= 11 is 6.16. The van der Waals surface area contributed by atoms with E-state index < -0.39 is 0 Å². The molecule has 2 rings (SSSR count). The van der Waals surface area contributed by atoms with E-state index in [1.54, 1.807) is 0 Å². The predicted octanol–water partition coefficient (Wildman–Crippen LogP) is 2.69. The van der Waals surface area contributed by atoms with Gasteiger partial charge in [-0.3, -0.25) is 4.79 Å². The largest absolute Gasteiger partial charge is 0.337 e. The Hall–Kier alpha value is -1.06. The molecule has 1 saturated heterocycles. The van der Waals surface area contributed by atoms with Crippen LogP contribution in [-0.2, 0) is 11.3 Å². The van der Waals surface area contributed by atoms with Crippen LogP contribution in [0.15, 0.2) is 24.3 Å². The quantitative estimate of drug-likeness (QED) is 0.920. The molecule has 0 aliphatic carbocycles. The summed E-state index contributed by atoms with van der Waals surface area (Å²) in [5, 5.41) is 4.02. The number of nitrogens with zero attached hydrogens (tertiary/aromatic N) is 1. The van der Waals surface area contributed by atoms with Crippen molar-refractivity contribution in [2.75, 3.05) is 13.1 Å². The van der Waals surface area contributed by atoms with Crippen LogP contribution in [-0.4, -0.2) is 29.9 Å². The maximum atomic E-state index is 12.5. The monoisotopic (exact) mass is 280 g/mol. The second-order valence-corrected chi connectivity index (χ2v) is 5.55. The highest BCUT2D eigenvalue weighted by Crippen LogP contribution is 2.20. The van der Waals surface area contributed by atoms with E-state index in [0.717, 1.165) is 23.6 Å². The van der Waals surface area contributed by atoms with Crippen molar-refractivity contribution >= 4 is 17.5 Å². The molecular formula is C15H21ClN2O. The van der Waals surface area contributed by atoms with Gasteiger partial charge in [-0.15, -0.1) is 0 Å². The van der Waals surface area contributed by atoms with Crippen LogP contribution in [0.2, 0.25) is 5.02 Å². The molecule has 1 aromatic rings. The molecule has 4 heteroatoms. The standard InChI is InChI=1S/C15H21ClN2O/c1-3-18(10-12-6-4-5-7-13(12)16)15(19)14-11(2)8-9-17-14/h4-7,11,14,17H,3,8-10H2,1-2H3. The minimum atomic E-state index is -0.0394. The third-order valence-electron chi connectivity index (χ3n) is 3.81. The lowest BCUT2D eigenvalue weighted by molar-refractivity contribution is -0.134. The van der Waals surface area contributed by atoms with E-state index in [1.165, 1.54) is 0 Å². The number of amides is 1. The van der Waals surface area contributed by atoms with Crippen molar-refractivity contribution in [3.63, 3.8) is 0 Å². The zero-order valence-corrected chi connectivity index (χ0v) is 12.3. The van der Waals surface area contributed by atoms with Gasteiger partial charge in [0.15, 0.2) is 0 Å². The van der Waals surface area contributed by atoms with Crippen LogP contribution in [0.5, 0.6) is 0 Å². The molecule has 19 heavy (non-hydrogen) atoms. The number of rotatable bonds is 4.